The largest absolute Gasteiger partial charge is 0.493 e. The first-order valence-electron chi connectivity index (χ1n) is 7.45. The van der Waals surface area contributed by atoms with E-state index in [0.717, 1.165) is 29.7 Å². The Morgan fingerprint density at radius 2 is 1.95 bits per heavy atom. The molecule has 0 atom stereocenters. The highest BCUT2D eigenvalue weighted by Gasteiger charge is 2.16. The Bertz CT molecular complexity index is 450. The zero-order chi connectivity index (χ0) is 15.1. The number of rotatable bonds is 7. The second-order valence-electron chi connectivity index (χ2n) is 5.28. The Morgan fingerprint density at radius 1 is 1.25 bits per heavy atom. The van der Waals surface area contributed by atoms with Crippen LogP contribution in [-0.2, 0) is 4.74 Å². The van der Waals surface area contributed by atoms with Crippen LogP contribution in [-0.4, -0.2) is 19.2 Å². The number of ether oxygens (including phenoxy) is 2. The number of hydrogen-bond donors (Lipinski definition) is 0. The molecular formula is C17H26O3. The van der Waals surface area contributed by atoms with Gasteiger partial charge >= 0.3 is 5.97 Å². The molecule has 1 aromatic rings. The van der Waals surface area contributed by atoms with Gasteiger partial charge in [-0.05, 0) is 49.4 Å². The smallest absolute Gasteiger partial charge is 0.338 e. The van der Waals surface area contributed by atoms with Gasteiger partial charge in [0.1, 0.15) is 5.75 Å². The van der Waals surface area contributed by atoms with Gasteiger partial charge in [0.2, 0.25) is 0 Å². The summed E-state index contributed by atoms with van der Waals surface area (Å²) in [6.45, 7) is 11.2. The first-order chi connectivity index (χ1) is 9.51. The molecule has 0 aliphatic heterocycles. The molecule has 0 amide bonds. The van der Waals surface area contributed by atoms with E-state index in [2.05, 4.69) is 20.8 Å². The van der Waals surface area contributed by atoms with Crippen molar-refractivity contribution in [3.05, 3.63) is 28.8 Å². The van der Waals surface area contributed by atoms with E-state index in [1.165, 1.54) is 0 Å². The monoisotopic (exact) mass is 278 g/mol. The van der Waals surface area contributed by atoms with Crippen LogP contribution in [0.15, 0.2) is 12.1 Å². The summed E-state index contributed by atoms with van der Waals surface area (Å²) in [7, 11) is 0. The van der Waals surface area contributed by atoms with Crippen LogP contribution in [0.4, 0.5) is 0 Å². The van der Waals surface area contributed by atoms with Crippen molar-refractivity contribution < 1.29 is 14.3 Å². The van der Waals surface area contributed by atoms with Gasteiger partial charge in [0, 0.05) is 0 Å². The van der Waals surface area contributed by atoms with Crippen LogP contribution < -0.4 is 4.74 Å². The van der Waals surface area contributed by atoms with Crippen LogP contribution in [0.3, 0.4) is 0 Å². The van der Waals surface area contributed by atoms with Gasteiger partial charge in [0.05, 0.1) is 18.8 Å². The van der Waals surface area contributed by atoms with Crippen LogP contribution in [0.5, 0.6) is 5.75 Å². The number of benzene rings is 1. The fourth-order valence-electron chi connectivity index (χ4n) is 2.03. The molecule has 0 unspecified atom stereocenters. The third-order valence-corrected chi connectivity index (χ3v) is 3.23. The summed E-state index contributed by atoms with van der Waals surface area (Å²) in [5.74, 6) is 0.936. The van der Waals surface area contributed by atoms with E-state index >= 15 is 0 Å². The second kappa shape index (κ2) is 7.93. The maximum absolute atomic E-state index is 11.9. The van der Waals surface area contributed by atoms with Gasteiger partial charge < -0.3 is 9.47 Å². The average molecular weight is 278 g/mol. The van der Waals surface area contributed by atoms with Gasteiger partial charge in [-0.15, -0.1) is 0 Å². The second-order valence-corrected chi connectivity index (χ2v) is 5.28. The van der Waals surface area contributed by atoms with Crippen molar-refractivity contribution in [2.24, 2.45) is 0 Å². The van der Waals surface area contributed by atoms with Crippen LogP contribution in [0.25, 0.3) is 0 Å². The predicted octanol–water partition coefficient (Wildman–Crippen LogP) is 4.47. The van der Waals surface area contributed by atoms with Crippen molar-refractivity contribution in [1.29, 1.82) is 0 Å². The molecule has 0 aliphatic carbocycles. The van der Waals surface area contributed by atoms with Crippen LogP contribution in [0.2, 0.25) is 0 Å². The topological polar surface area (TPSA) is 35.5 Å². The minimum absolute atomic E-state index is 0.257. The quantitative estimate of drug-likeness (QED) is 0.545. The molecule has 112 valence electrons. The van der Waals surface area contributed by atoms with Crippen molar-refractivity contribution in [3.8, 4) is 5.75 Å². The third kappa shape index (κ3) is 4.26. The van der Waals surface area contributed by atoms with Crippen molar-refractivity contribution in [2.45, 2.75) is 53.4 Å². The zero-order valence-corrected chi connectivity index (χ0v) is 13.3. The summed E-state index contributed by atoms with van der Waals surface area (Å²) in [5, 5.41) is 0. The summed E-state index contributed by atoms with van der Waals surface area (Å²) in [5.41, 5.74) is 2.60. The van der Waals surface area contributed by atoms with Gasteiger partial charge in [-0.3, -0.25) is 0 Å². The molecule has 0 radical (unpaired) electrons. The molecule has 3 nitrogen and oxygen atoms in total. The molecule has 0 saturated carbocycles. The van der Waals surface area contributed by atoms with Gasteiger partial charge in [0.25, 0.3) is 0 Å². The summed E-state index contributed by atoms with van der Waals surface area (Å²) in [6.07, 6.45) is 2.15. The Hall–Kier alpha value is -1.51. The van der Waals surface area contributed by atoms with Crippen LogP contribution in [0, 0.1) is 6.92 Å². The van der Waals surface area contributed by atoms with E-state index in [1.807, 2.05) is 26.0 Å². The first kappa shape index (κ1) is 16.5. The van der Waals surface area contributed by atoms with Gasteiger partial charge in [-0.25, -0.2) is 4.79 Å². The fraction of sp³-hybridized carbons (Fsp3) is 0.588. The highest BCUT2D eigenvalue weighted by Crippen LogP contribution is 2.30. The van der Waals surface area contributed by atoms with Crippen LogP contribution in [0.1, 0.15) is 67.9 Å². The summed E-state index contributed by atoms with van der Waals surface area (Å²) >= 11 is 0. The number of unbranched alkanes of at least 4 members (excludes halogenated alkanes) is 1. The van der Waals surface area contributed by atoms with Gasteiger partial charge in [0.15, 0.2) is 0 Å². The molecule has 20 heavy (non-hydrogen) atoms. The summed E-state index contributed by atoms with van der Waals surface area (Å²) < 4.78 is 11.0. The van der Waals surface area contributed by atoms with Crippen molar-refractivity contribution in [1.82, 2.24) is 0 Å². The lowest BCUT2D eigenvalue weighted by atomic mass is 9.96. The lowest BCUT2D eigenvalue weighted by Crippen LogP contribution is -2.09. The Labute approximate surface area is 122 Å². The van der Waals surface area contributed by atoms with Gasteiger partial charge in [-0.1, -0.05) is 27.2 Å². The lowest BCUT2D eigenvalue weighted by molar-refractivity contribution is 0.0525. The third-order valence-electron chi connectivity index (χ3n) is 3.23. The normalized spacial score (nSPS) is 10.7. The Morgan fingerprint density at radius 3 is 2.50 bits per heavy atom. The zero-order valence-electron chi connectivity index (χ0n) is 13.3. The molecule has 1 aromatic carbocycles. The molecule has 0 saturated heterocycles. The maximum atomic E-state index is 11.9. The van der Waals surface area contributed by atoms with E-state index in [9.17, 15) is 4.79 Å². The first-order valence-corrected chi connectivity index (χ1v) is 7.45. The number of esters is 1. The lowest BCUT2D eigenvalue weighted by Gasteiger charge is -2.17. The summed E-state index contributed by atoms with van der Waals surface area (Å²) in [6, 6.07) is 3.87. The number of hydrogen-bond acceptors (Lipinski definition) is 3. The number of aryl methyl sites for hydroxylation is 1. The maximum Gasteiger partial charge on any atom is 0.338 e. The summed E-state index contributed by atoms with van der Waals surface area (Å²) in [4.78, 5) is 11.9. The number of carbonyl (C=O) groups is 1. The van der Waals surface area contributed by atoms with E-state index in [1.54, 1.807) is 0 Å². The number of carbonyl (C=O) groups excluding carboxylic acids is 1. The SMILES string of the molecule is CCCCOc1cc(C)c(C(=O)OCC)cc1C(C)C. The van der Waals surface area contributed by atoms with E-state index < -0.39 is 0 Å². The minimum atomic E-state index is -0.257. The fourth-order valence-corrected chi connectivity index (χ4v) is 2.03. The molecule has 0 N–H and O–H groups in total. The molecule has 0 fully saturated rings. The molecular weight excluding hydrogens is 252 g/mol. The molecule has 0 aliphatic rings. The predicted molar refractivity (Wildman–Crippen MR) is 81.6 cm³/mol. The molecule has 0 spiro atoms. The molecule has 0 heterocycles. The van der Waals surface area contributed by atoms with Crippen molar-refractivity contribution in [3.63, 3.8) is 0 Å². The molecule has 0 bridgehead atoms. The molecule has 3 heteroatoms. The van der Waals surface area contributed by atoms with Gasteiger partial charge in [-0.2, -0.15) is 0 Å². The molecule has 1 rings (SSSR count). The van der Waals surface area contributed by atoms with Crippen molar-refractivity contribution in [2.75, 3.05) is 13.2 Å². The Balaban J connectivity index is 3.07. The van der Waals surface area contributed by atoms with E-state index in [-0.39, 0.29) is 5.97 Å². The van der Waals surface area contributed by atoms with E-state index in [4.69, 9.17) is 9.47 Å². The van der Waals surface area contributed by atoms with Crippen LogP contribution >= 0.6 is 0 Å². The van der Waals surface area contributed by atoms with E-state index in [0.29, 0.717) is 24.7 Å². The van der Waals surface area contributed by atoms with Crippen molar-refractivity contribution >= 4 is 5.97 Å². The Kier molecular flexibility index (Phi) is 6.56. The molecule has 0 aromatic heterocycles. The standard InChI is InChI=1S/C17H26O3/c1-6-8-9-20-16-10-13(5)15(17(18)19-7-2)11-14(16)12(3)4/h10-12H,6-9H2,1-5H3. The highest BCUT2D eigenvalue weighted by molar-refractivity contribution is 5.91. The highest BCUT2D eigenvalue weighted by atomic mass is 16.5. The minimum Gasteiger partial charge on any atom is -0.493 e. The average Bonchev–Trinajstić information content (AvgIpc) is 2.39.